The highest BCUT2D eigenvalue weighted by Crippen LogP contribution is 2.23. The standard InChI is InChI=1S/C12H21N3O2S/c1-10-12(9-15(2)14-10)18(16,17)13-8-11-6-4-3-5-7-11/h9,11,13H,3-8H2,1-2H3. The maximum absolute atomic E-state index is 12.1. The molecule has 102 valence electrons. The molecule has 1 saturated carbocycles. The second kappa shape index (κ2) is 5.40. The van der Waals surface area contributed by atoms with Gasteiger partial charge in [0.2, 0.25) is 10.0 Å². The Labute approximate surface area is 109 Å². The Bertz CT molecular complexity index is 501. The minimum atomic E-state index is -3.40. The van der Waals surface area contributed by atoms with Crippen LogP contribution in [0.25, 0.3) is 0 Å². The number of aryl methyl sites for hydroxylation is 2. The molecule has 1 aromatic heterocycles. The molecule has 0 amide bonds. The summed E-state index contributed by atoms with van der Waals surface area (Å²) in [6.45, 7) is 2.27. The van der Waals surface area contributed by atoms with Crippen LogP contribution in [-0.2, 0) is 17.1 Å². The van der Waals surface area contributed by atoms with Gasteiger partial charge in [-0.25, -0.2) is 13.1 Å². The van der Waals surface area contributed by atoms with Crippen LogP contribution in [0.1, 0.15) is 37.8 Å². The van der Waals surface area contributed by atoms with Crippen molar-refractivity contribution in [1.82, 2.24) is 14.5 Å². The molecule has 0 unspecified atom stereocenters. The third-order valence-corrected chi connectivity index (χ3v) is 5.07. The Kier molecular flexibility index (Phi) is 4.07. The summed E-state index contributed by atoms with van der Waals surface area (Å²) in [6.07, 6.45) is 7.54. The number of nitrogens with zero attached hydrogens (tertiary/aromatic N) is 2. The first-order valence-corrected chi connectivity index (χ1v) is 7.97. The van der Waals surface area contributed by atoms with E-state index in [2.05, 4.69) is 9.82 Å². The number of hydrogen-bond acceptors (Lipinski definition) is 3. The fourth-order valence-electron chi connectivity index (χ4n) is 2.54. The van der Waals surface area contributed by atoms with Gasteiger partial charge in [-0.2, -0.15) is 5.10 Å². The van der Waals surface area contributed by atoms with Gasteiger partial charge in [0.25, 0.3) is 0 Å². The van der Waals surface area contributed by atoms with Crippen LogP contribution in [0, 0.1) is 12.8 Å². The maximum atomic E-state index is 12.1. The molecule has 0 spiro atoms. The van der Waals surface area contributed by atoms with E-state index in [-0.39, 0.29) is 0 Å². The molecule has 5 nitrogen and oxygen atoms in total. The van der Waals surface area contributed by atoms with Crippen molar-refractivity contribution < 1.29 is 8.42 Å². The van der Waals surface area contributed by atoms with Crippen LogP contribution in [0.3, 0.4) is 0 Å². The lowest BCUT2D eigenvalue weighted by molar-refractivity contribution is 0.357. The SMILES string of the molecule is Cc1nn(C)cc1S(=O)(=O)NCC1CCCCC1. The summed E-state index contributed by atoms with van der Waals surface area (Å²) in [6, 6.07) is 0. The third-order valence-electron chi connectivity index (χ3n) is 3.54. The lowest BCUT2D eigenvalue weighted by Gasteiger charge is -2.21. The van der Waals surface area contributed by atoms with E-state index < -0.39 is 10.0 Å². The lowest BCUT2D eigenvalue weighted by Crippen LogP contribution is -2.30. The van der Waals surface area contributed by atoms with Gasteiger partial charge in [-0.3, -0.25) is 4.68 Å². The molecule has 0 bridgehead atoms. The van der Waals surface area contributed by atoms with Gasteiger partial charge in [0.05, 0.1) is 5.69 Å². The molecule has 1 aliphatic carbocycles. The van der Waals surface area contributed by atoms with Crippen molar-refractivity contribution in [1.29, 1.82) is 0 Å². The molecule has 0 radical (unpaired) electrons. The van der Waals surface area contributed by atoms with Gasteiger partial charge in [-0.05, 0) is 25.7 Å². The monoisotopic (exact) mass is 271 g/mol. The summed E-state index contributed by atoms with van der Waals surface area (Å²) in [5, 5.41) is 4.07. The van der Waals surface area contributed by atoms with Crippen LogP contribution in [0.4, 0.5) is 0 Å². The summed E-state index contributed by atoms with van der Waals surface area (Å²) in [5.74, 6) is 0.491. The largest absolute Gasteiger partial charge is 0.274 e. The summed E-state index contributed by atoms with van der Waals surface area (Å²) < 4.78 is 28.5. The Balaban J connectivity index is 2.01. The molecule has 1 aromatic rings. The molecule has 1 N–H and O–H groups in total. The van der Waals surface area contributed by atoms with E-state index >= 15 is 0 Å². The molecular formula is C12H21N3O2S. The highest BCUT2D eigenvalue weighted by Gasteiger charge is 2.22. The predicted octanol–water partition coefficient (Wildman–Crippen LogP) is 1.59. The van der Waals surface area contributed by atoms with Crippen LogP contribution < -0.4 is 4.72 Å². The van der Waals surface area contributed by atoms with E-state index in [1.54, 1.807) is 20.2 Å². The van der Waals surface area contributed by atoms with Crippen molar-refractivity contribution in [3.05, 3.63) is 11.9 Å². The van der Waals surface area contributed by atoms with Crippen LogP contribution in [0.15, 0.2) is 11.1 Å². The van der Waals surface area contributed by atoms with Gasteiger partial charge >= 0.3 is 0 Å². The van der Waals surface area contributed by atoms with Crippen LogP contribution >= 0.6 is 0 Å². The molecule has 0 aromatic carbocycles. The molecule has 18 heavy (non-hydrogen) atoms. The van der Waals surface area contributed by atoms with Crippen molar-refractivity contribution in [2.75, 3.05) is 6.54 Å². The zero-order chi connectivity index (χ0) is 13.2. The molecule has 1 aliphatic rings. The molecular weight excluding hydrogens is 250 g/mol. The van der Waals surface area contributed by atoms with Crippen molar-refractivity contribution in [3.63, 3.8) is 0 Å². The van der Waals surface area contributed by atoms with E-state index in [9.17, 15) is 8.42 Å². The van der Waals surface area contributed by atoms with Gasteiger partial charge in [-0.15, -0.1) is 0 Å². The van der Waals surface area contributed by atoms with E-state index in [1.165, 1.54) is 23.9 Å². The Morgan fingerprint density at radius 3 is 2.61 bits per heavy atom. The predicted molar refractivity (Wildman–Crippen MR) is 69.7 cm³/mol. The van der Waals surface area contributed by atoms with Gasteiger partial charge in [0, 0.05) is 19.8 Å². The molecule has 1 fully saturated rings. The minimum absolute atomic E-state index is 0.292. The van der Waals surface area contributed by atoms with Crippen LogP contribution in [0.2, 0.25) is 0 Å². The first-order chi connectivity index (χ1) is 8.49. The van der Waals surface area contributed by atoms with E-state index in [1.807, 2.05) is 0 Å². The number of hydrogen-bond donors (Lipinski definition) is 1. The average molecular weight is 271 g/mol. The summed E-state index contributed by atoms with van der Waals surface area (Å²) in [7, 11) is -1.67. The van der Waals surface area contributed by atoms with Crippen molar-refractivity contribution in [2.45, 2.75) is 43.9 Å². The van der Waals surface area contributed by atoms with Crippen molar-refractivity contribution in [3.8, 4) is 0 Å². The van der Waals surface area contributed by atoms with E-state index in [0.717, 1.165) is 12.8 Å². The van der Waals surface area contributed by atoms with Crippen molar-refractivity contribution >= 4 is 10.0 Å². The summed E-state index contributed by atoms with van der Waals surface area (Å²) >= 11 is 0. The zero-order valence-corrected chi connectivity index (χ0v) is 11.8. The Hall–Kier alpha value is -0.880. The fraction of sp³-hybridized carbons (Fsp3) is 0.750. The Morgan fingerprint density at radius 1 is 1.39 bits per heavy atom. The third kappa shape index (κ3) is 3.11. The summed E-state index contributed by atoms with van der Waals surface area (Å²) in [5.41, 5.74) is 0.550. The molecule has 0 aliphatic heterocycles. The fourth-order valence-corrected chi connectivity index (χ4v) is 3.87. The van der Waals surface area contributed by atoms with Crippen molar-refractivity contribution in [2.24, 2.45) is 13.0 Å². The lowest BCUT2D eigenvalue weighted by atomic mass is 9.90. The van der Waals surface area contributed by atoms with Crippen LogP contribution in [-0.4, -0.2) is 24.7 Å². The maximum Gasteiger partial charge on any atom is 0.243 e. The van der Waals surface area contributed by atoms with E-state index in [0.29, 0.717) is 23.1 Å². The highest BCUT2D eigenvalue weighted by molar-refractivity contribution is 7.89. The first-order valence-electron chi connectivity index (χ1n) is 6.49. The zero-order valence-electron chi connectivity index (χ0n) is 11.0. The van der Waals surface area contributed by atoms with Gasteiger partial charge in [0.1, 0.15) is 4.90 Å². The second-order valence-electron chi connectivity index (χ2n) is 5.11. The quantitative estimate of drug-likeness (QED) is 0.904. The molecule has 0 atom stereocenters. The minimum Gasteiger partial charge on any atom is -0.274 e. The average Bonchev–Trinajstić information content (AvgIpc) is 2.68. The number of aromatic nitrogens is 2. The number of rotatable bonds is 4. The molecule has 1 heterocycles. The van der Waals surface area contributed by atoms with Crippen LogP contribution in [0.5, 0.6) is 0 Å². The second-order valence-corrected chi connectivity index (χ2v) is 6.84. The highest BCUT2D eigenvalue weighted by atomic mass is 32.2. The van der Waals surface area contributed by atoms with E-state index in [4.69, 9.17) is 0 Å². The smallest absolute Gasteiger partial charge is 0.243 e. The van der Waals surface area contributed by atoms with Gasteiger partial charge in [-0.1, -0.05) is 19.3 Å². The molecule has 0 saturated heterocycles. The van der Waals surface area contributed by atoms with Gasteiger partial charge < -0.3 is 0 Å². The summed E-state index contributed by atoms with van der Waals surface area (Å²) in [4.78, 5) is 0.292. The first kappa shape index (κ1) is 13.5. The van der Waals surface area contributed by atoms with Gasteiger partial charge in [0.15, 0.2) is 0 Å². The molecule has 2 rings (SSSR count). The number of nitrogens with one attached hydrogen (secondary N) is 1. The molecule has 6 heteroatoms. The Morgan fingerprint density at radius 2 is 2.06 bits per heavy atom. The topological polar surface area (TPSA) is 64.0 Å². The number of sulfonamides is 1. The normalized spacial score (nSPS) is 18.1.